The van der Waals surface area contributed by atoms with Crippen molar-refractivity contribution >= 4 is 11.9 Å². The maximum Gasteiger partial charge on any atom is 0.329 e. The summed E-state index contributed by atoms with van der Waals surface area (Å²) in [6.07, 6.45) is 4.67. The van der Waals surface area contributed by atoms with Gasteiger partial charge in [-0.25, -0.2) is 4.79 Å². The number of carbonyl (C=O) groups excluding carboxylic acids is 1. The van der Waals surface area contributed by atoms with Crippen LogP contribution in [0.15, 0.2) is 42.5 Å². The highest BCUT2D eigenvalue weighted by Gasteiger charge is 2.41. The van der Waals surface area contributed by atoms with Gasteiger partial charge in [-0.3, -0.25) is 4.79 Å². The maximum atomic E-state index is 12.9. The highest BCUT2D eigenvalue weighted by molar-refractivity contribution is 5.98. The van der Waals surface area contributed by atoms with Crippen LogP contribution in [0.2, 0.25) is 0 Å². The van der Waals surface area contributed by atoms with Crippen molar-refractivity contribution in [3.63, 3.8) is 0 Å². The molecule has 0 radical (unpaired) electrons. The Hall–Kier alpha value is -3.06. The molecule has 1 saturated carbocycles. The minimum Gasteiger partial charge on any atom is -0.493 e. The van der Waals surface area contributed by atoms with E-state index in [0.29, 0.717) is 49.4 Å². The third-order valence-electron chi connectivity index (χ3n) is 5.94. The molecule has 3 N–H and O–H groups in total. The van der Waals surface area contributed by atoms with Crippen LogP contribution < -0.4 is 14.8 Å². The summed E-state index contributed by atoms with van der Waals surface area (Å²) >= 11 is 0. The normalized spacial score (nSPS) is 15.1. The quantitative estimate of drug-likeness (QED) is 0.522. The fourth-order valence-electron chi connectivity index (χ4n) is 4.12. The maximum absolute atomic E-state index is 12.9. The molecule has 172 valence electrons. The summed E-state index contributed by atoms with van der Waals surface area (Å²) < 4.78 is 11.3. The van der Waals surface area contributed by atoms with Crippen molar-refractivity contribution in [2.24, 2.45) is 0 Å². The average Bonchev–Trinajstić information content (AvgIpc) is 2.80. The first-order valence-corrected chi connectivity index (χ1v) is 11.0. The van der Waals surface area contributed by atoms with Gasteiger partial charge in [-0.1, -0.05) is 43.5 Å². The number of aliphatic hydroxyl groups excluding tert-OH is 1. The van der Waals surface area contributed by atoms with E-state index in [1.807, 2.05) is 24.3 Å². The zero-order valence-corrected chi connectivity index (χ0v) is 18.4. The third-order valence-corrected chi connectivity index (χ3v) is 5.94. The summed E-state index contributed by atoms with van der Waals surface area (Å²) in [5.74, 6) is -0.488. The molecule has 1 fully saturated rings. The van der Waals surface area contributed by atoms with Gasteiger partial charge >= 0.3 is 5.97 Å². The van der Waals surface area contributed by atoms with Crippen molar-refractivity contribution in [1.29, 1.82) is 0 Å². The molecule has 1 aliphatic rings. The van der Waals surface area contributed by atoms with E-state index in [-0.39, 0.29) is 6.61 Å². The van der Waals surface area contributed by atoms with Crippen LogP contribution in [0.3, 0.4) is 0 Å². The second kappa shape index (κ2) is 11.0. The molecule has 7 heteroatoms. The summed E-state index contributed by atoms with van der Waals surface area (Å²) in [6, 6.07) is 12.8. The zero-order chi connectivity index (χ0) is 23.0. The molecule has 1 amide bonds. The fourth-order valence-corrected chi connectivity index (χ4v) is 4.12. The van der Waals surface area contributed by atoms with Crippen molar-refractivity contribution in [2.75, 3.05) is 20.3 Å². The molecule has 32 heavy (non-hydrogen) atoms. The number of nitrogens with one attached hydrogen (secondary N) is 1. The average molecular weight is 442 g/mol. The zero-order valence-electron chi connectivity index (χ0n) is 18.4. The molecule has 2 aromatic rings. The van der Waals surface area contributed by atoms with Crippen molar-refractivity contribution in [2.45, 2.75) is 50.5 Å². The molecular formula is C25H31NO6. The number of ether oxygens (including phenoxy) is 2. The Kier molecular flexibility index (Phi) is 8.11. The van der Waals surface area contributed by atoms with Gasteiger partial charge in [0.2, 0.25) is 0 Å². The molecule has 3 rings (SSSR count). The topological polar surface area (TPSA) is 105 Å². The molecular weight excluding hydrogens is 410 g/mol. The smallest absolute Gasteiger partial charge is 0.329 e. The number of carboxylic acids is 1. The van der Waals surface area contributed by atoms with Crippen LogP contribution in [0.5, 0.6) is 11.5 Å². The molecule has 0 unspecified atom stereocenters. The predicted octanol–water partition coefficient (Wildman–Crippen LogP) is 3.37. The second-order valence-corrected chi connectivity index (χ2v) is 8.16. The minimum absolute atomic E-state index is 0.106. The Bertz CT molecular complexity index is 936. The number of aliphatic carboxylic acids is 1. The molecule has 1 aliphatic carbocycles. The summed E-state index contributed by atoms with van der Waals surface area (Å²) in [4.78, 5) is 24.8. The number of hydrogen-bond acceptors (Lipinski definition) is 5. The van der Waals surface area contributed by atoms with Crippen LogP contribution in [0.25, 0.3) is 0 Å². The predicted molar refractivity (Wildman–Crippen MR) is 120 cm³/mol. The fraction of sp³-hybridized carbons (Fsp3) is 0.440. The molecule has 7 nitrogen and oxygen atoms in total. The summed E-state index contributed by atoms with van der Waals surface area (Å²) in [6.45, 7) is 0.484. The minimum atomic E-state index is -1.21. The van der Waals surface area contributed by atoms with Crippen LogP contribution >= 0.6 is 0 Å². The largest absolute Gasteiger partial charge is 0.493 e. The molecule has 0 saturated heterocycles. The van der Waals surface area contributed by atoms with Gasteiger partial charge in [0.15, 0.2) is 11.5 Å². The van der Waals surface area contributed by atoms with Gasteiger partial charge in [-0.15, -0.1) is 0 Å². The van der Waals surface area contributed by atoms with Crippen LogP contribution in [-0.2, 0) is 17.6 Å². The van der Waals surface area contributed by atoms with E-state index >= 15 is 0 Å². The van der Waals surface area contributed by atoms with Crippen molar-refractivity contribution in [3.05, 3.63) is 59.2 Å². The van der Waals surface area contributed by atoms with Crippen molar-refractivity contribution in [1.82, 2.24) is 5.32 Å². The molecule has 0 heterocycles. The highest BCUT2D eigenvalue weighted by atomic mass is 16.5. The summed E-state index contributed by atoms with van der Waals surface area (Å²) in [5, 5.41) is 21.6. The van der Waals surface area contributed by atoms with Gasteiger partial charge in [-0.05, 0) is 48.6 Å². The standard InChI is InChI=1S/C25H31NO6/c1-31-21-9-8-20(23(28)26-25(24(29)30)12-3-2-4-13-25)17-22(21)32-15-11-19-7-5-6-18(16-19)10-14-27/h5-9,16-17,27H,2-4,10-15H2,1H3,(H,26,28)(H,29,30). The molecule has 0 aromatic heterocycles. The van der Waals surface area contributed by atoms with Crippen LogP contribution in [-0.4, -0.2) is 48.0 Å². The van der Waals surface area contributed by atoms with Gasteiger partial charge in [0, 0.05) is 18.6 Å². The molecule has 0 spiro atoms. The molecule has 0 bridgehead atoms. The number of aliphatic hydroxyl groups is 1. The molecule has 0 aliphatic heterocycles. The van der Waals surface area contributed by atoms with Gasteiger partial charge in [0.25, 0.3) is 5.91 Å². The number of amides is 1. The second-order valence-electron chi connectivity index (χ2n) is 8.16. The number of carboxylic acid groups (broad SMARTS) is 1. The molecule has 0 atom stereocenters. The number of hydrogen-bond donors (Lipinski definition) is 3. The monoisotopic (exact) mass is 441 g/mol. The lowest BCUT2D eigenvalue weighted by Gasteiger charge is -2.34. The van der Waals surface area contributed by atoms with Gasteiger partial charge in [0.05, 0.1) is 13.7 Å². The van der Waals surface area contributed by atoms with Crippen LogP contribution in [0.1, 0.15) is 53.6 Å². The van der Waals surface area contributed by atoms with Gasteiger partial charge in [-0.2, -0.15) is 0 Å². The number of rotatable bonds is 10. The first kappa shape index (κ1) is 23.6. The number of benzene rings is 2. The SMILES string of the molecule is COc1ccc(C(=O)NC2(C(=O)O)CCCCC2)cc1OCCc1cccc(CCO)c1. The van der Waals surface area contributed by atoms with Gasteiger partial charge in [0.1, 0.15) is 5.54 Å². The summed E-state index contributed by atoms with van der Waals surface area (Å²) in [5.41, 5.74) is 1.27. The Morgan fingerprint density at radius 1 is 1.00 bits per heavy atom. The lowest BCUT2D eigenvalue weighted by molar-refractivity contribution is -0.145. The Balaban J connectivity index is 1.69. The first-order valence-electron chi connectivity index (χ1n) is 11.0. The van der Waals surface area contributed by atoms with Crippen molar-refractivity contribution in [3.8, 4) is 11.5 Å². The van der Waals surface area contributed by atoms with Gasteiger partial charge < -0.3 is 25.0 Å². The van der Waals surface area contributed by atoms with E-state index < -0.39 is 17.4 Å². The van der Waals surface area contributed by atoms with E-state index in [2.05, 4.69) is 5.32 Å². The Morgan fingerprint density at radius 2 is 1.72 bits per heavy atom. The van der Waals surface area contributed by atoms with Crippen LogP contribution in [0.4, 0.5) is 0 Å². The molecule has 2 aromatic carbocycles. The Morgan fingerprint density at radius 3 is 2.38 bits per heavy atom. The van der Waals surface area contributed by atoms with Crippen molar-refractivity contribution < 1.29 is 29.3 Å². The number of methoxy groups -OCH3 is 1. The Labute approximate surface area is 188 Å². The van der Waals surface area contributed by atoms with E-state index in [0.717, 1.165) is 30.4 Å². The van der Waals surface area contributed by atoms with E-state index in [9.17, 15) is 14.7 Å². The van der Waals surface area contributed by atoms with E-state index in [1.54, 1.807) is 18.2 Å². The summed E-state index contributed by atoms with van der Waals surface area (Å²) in [7, 11) is 1.53. The lowest BCUT2D eigenvalue weighted by atomic mass is 9.81. The lowest BCUT2D eigenvalue weighted by Crippen LogP contribution is -2.55. The van der Waals surface area contributed by atoms with E-state index in [1.165, 1.54) is 7.11 Å². The van der Waals surface area contributed by atoms with Crippen LogP contribution in [0, 0.1) is 0 Å². The number of carbonyl (C=O) groups is 2. The highest BCUT2D eigenvalue weighted by Crippen LogP contribution is 2.31. The first-order chi connectivity index (χ1) is 15.5. The third kappa shape index (κ3) is 5.79. The van der Waals surface area contributed by atoms with E-state index in [4.69, 9.17) is 14.6 Å².